The minimum absolute atomic E-state index is 0.256. The molecule has 1 fully saturated rings. The zero-order valence-corrected chi connectivity index (χ0v) is 16.3. The fourth-order valence-electron chi connectivity index (χ4n) is 2.77. The lowest BCUT2D eigenvalue weighted by Gasteiger charge is -2.25. The van der Waals surface area contributed by atoms with Crippen LogP contribution in [0.3, 0.4) is 0 Å². The molecule has 2 aromatic rings. The van der Waals surface area contributed by atoms with Crippen molar-refractivity contribution < 1.29 is 8.42 Å². The van der Waals surface area contributed by atoms with Gasteiger partial charge >= 0.3 is 0 Å². The molecule has 3 heterocycles. The fraction of sp³-hybridized carbons (Fsp3) is 0.562. The van der Waals surface area contributed by atoms with Crippen molar-refractivity contribution in [2.45, 2.75) is 49.9 Å². The van der Waals surface area contributed by atoms with Crippen LogP contribution in [0.25, 0.3) is 0 Å². The number of hydrogen-bond donors (Lipinski definition) is 1. The van der Waals surface area contributed by atoms with Gasteiger partial charge in [-0.2, -0.15) is 0 Å². The SMILES string of the molecule is CCc1ccc(S(=O)(=O)NCc2nc(CN3CCCCC3)cs2)s1. The number of thiazole rings is 1. The van der Waals surface area contributed by atoms with E-state index in [-0.39, 0.29) is 6.54 Å². The molecular weight excluding hydrogens is 362 g/mol. The fourth-order valence-corrected chi connectivity index (χ4v) is 5.91. The summed E-state index contributed by atoms with van der Waals surface area (Å²) in [4.78, 5) is 8.07. The number of aryl methyl sites for hydroxylation is 1. The van der Waals surface area contributed by atoms with Crippen molar-refractivity contribution in [2.75, 3.05) is 13.1 Å². The molecule has 0 bridgehead atoms. The molecule has 0 atom stereocenters. The Labute approximate surface area is 151 Å². The predicted molar refractivity (Wildman–Crippen MR) is 99.0 cm³/mol. The van der Waals surface area contributed by atoms with Crippen molar-refractivity contribution in [3.05, 3.63) is 33.1 Å². The quantitative estimate of drug-likeness (QED) is 0.795. The molecule has 132 valence electrons. The van der Waals surface area contributed by atoms with Gasteiger partial charge in [-0.15, -0.1) is 22.7 Å². The third-order valence-corrected chi connectivity index (χ3v) is 8.12. The van der Waals surface area contributed by atoms with Crippen LogP contribution in [0.15, 0.2) is 21.7 Å². The van der Waals surface area contributed by atoms with E-state index in [1.54, 1.807) is 6.07 Å². The van der Waals surface area contributed by atoms with Gasteiger partial charge in [0.2, 0.25) is 10.0 Å². The van der Waals surface area contributed by atoms with Crippen molar-refractivity contribution in [1.29, 1.82) is 0 Å². The normalized spacial score (nSPS) is 16.5. The van der Waals surface area contributed by atoms with Gasteiger partial charge in [-0.3, -0.25) is 4.90 Å². The van der Waals surface area contributed by atoms with Crippen LogP contribution in [0, 0.1) is 0 Å². The van der Waals surface area contributed by atoms with Crippen molar-refractivity contribution in [3.63, 3.8) is 0 Å². The molecule has 2 aromatic heterocycles. The Balaban J connectivity index is 1.56. The summed E-state index contributed by atoms with van der Waals surface area (Å²) in [5.74, 6) is 0. The molecule has 1 aliphatic heterocycles. The molecule has 1 saturated heterocycles. The van der Waals surface area contributed by atoms with Gasteiger partial charge in [-0.1, -0.05) is 13.3 Å². The van der Waals surface area contributed by atoms with E-state index < -0.39 is 10.0 Å². The van der Waals surface area contributed by atoms with Crippen LogP contribution in [0.4, 0.5) is 0 Å². The highest BCUT2D eigenvalue weighted by Crippen LogP contribution is 2.22. The molecule has 8 heteroatoms. The average molecular weight is 386 g/mol. The number of likely N-dealkylation sites (tertiary alicyclic amines) is 1. The van der Waals surface area contributed by atoms with Crippen LogP contribution in [0.5, 0.6) is 0 Å². The highest BCUT2D eigenvalue weighted by atomic mass is 32.2. The summed E-state index contributed by atoms with van der Waals surface area (Å²) in [5.41, 5.74) is 1.04. The zero-order chi connectivity index (χ0) is 17.0. The second-order valence-corrected chi connectivity index (χ2v) is 10.1. The molecule has 0 saturated carbocycles. The van der Waals surface area contributed by atoms with E-state index >= 15 is 0 Å². The number of nitrogens with zero attached hydrogens (tertiary/aromatic N) is 2. The molecule has 3 rings (SSSR count). The van der Waals surface area contributed by atoms with E-state index in [1.807, 2.05) is 18.4 Å². The first-order valence-electron chi connectivity index (χ1n) is 8.31. The first-order valence-corrected chi connectivity index (χ1v) is 11.5. The van der Waals surface area contributed by atoms with Crippen LogP contribution in [0.2, 0.25) is 0 Å². The summed E-state index contributed by atoms with van der Waals surface area (Å²) < 4.78 is 27.7. The number of sulfonamides is 1. The predicted octanol–water partition coefficient (Wildman–Crippen LogP) is 3.23. The Morgan fingerprint density at radius 3 is 2.75 bits per heavy atom. The van der Waals surface area contributed by atoms with E-state index in [0.29, 0.717) is 4.21 Å². The molecule has 0 radical (unpaired) electrons. The lowest BCUT2D eigenvalue weighted by Crippen LogP contribution is -2.29. The Morgan fingerprint density at radius 1 is 1.25 bits per heavy atom. The van der Waals surface area contributed by atoms with Crippen LogP contribution >= 0.6 is 22.7 Å². The molecule has 0 amide bonds. The molecule has 1 aliphatic rings. The van der Waals surface area contributed by atoms with Gasteiger partial charge in [0.05, 0.1) is 12.2 Å². The van der Waals surface area contributed by atoms with E-state index in [0.717, 1.165) is 41.6 Å². The maximum atomic E-state index is 12.3. The van der Waals surface area contributed by atoms with Crippen LogP contribution in [-0.4, -0.2) is 31.4 Å². The summed E-state index contributed by atoms with van der Waals surface area (Å²) >= 11 is 2.85. The third kappa shape index (κ3) is 4.64. The van der Waals surface area contributed by atoms with Crippen LogP contribution in [0.1, 0.15) is 41.8 Å². The number of nitrogens with one attached hydrogen (secondary N) is 1. The van der Waals surface area contributed by atoms with Gasteiger partial charge < -0.3 is 0 Å². The molecule has 0 aliphatic carbocycles. The van der Waals surface area contributed by atoms with E-state index in [1.165, 1.54) is 41.9 Å². The summed E-state index contributed by atoms with van der Waals surface area (Å²) in [5, 5.41) is 2.86. The van der Waals surface area contributed by atoms with Gasteiger partial charge in [-0.25, -0.2) is 18.1 Å². The monoisotopic (exact) mass is 385 g/mol. The smallest absolute Gasteiger partial charge is 0.250 e. The molecule has 0 aromatic carbocycles. The number of aromatic nitrogens is 1. The van der Waals surface area contributed by atoms with Crippen LogP contribution < -0.4 is 4.72 Å². The standard InChI is InChI=1S/C16H23N3O2S3/c1-2-14-6-7-16(23-14)24(20,21)17-10-15-18-13(12-22-15)11-19-8-4-3-5-9-19/h6-7,12,17H,2-5,8-11H2,1H3. The largest absolute Gasteiger partial charge is 0.297 e. The molecule has 0 unspecified atom stereocenters. The van der Waals surface area contributed by atoms with Gasteiger partial charge in [0.15, 0.2) is 0 Å². The lowest BCUT2D eigenvalue weighted by molar-refractivity contribution is 0.219. The topological polar surface area (TPSA) is 62.3 Å². The molecule has 0 spiro atoms. The highest BCUT2D eigenvalue weighted by molar-refractivity contribution is 7.91. The van der Waals surface area contributed by atoms with Gasteiger partial charge in [0.1, 0.15) is 9.22 Å². The summed E-state index contributed by atoms with van der Waals surface area (Å²) in [7, 11) is -3.44. The second kappa shape index (κ2) is 8.05. The maximum absolute atomic E-state index is 12.3. The van der Waals surface area contributed by atoms with Gasteiger partial charge in [0.25, 0.3) is 0 Å². The van der Waals surface area contributed by atoms with Gasteiger partial charge in [0, 0.05) is 16.8 Å². The van der Waals surface area contributed by atoms with Crippen LogP contribution in [-0.2, 0) is 29.5 Å². The Morgan fingerprint density at radius 2 is 2.04 bits per heavy atom. The summed E-state index contributed by atoms with van der Waals surface area (Å²) in [6.45, 7) is 5.42. The minimum Gasteiger partial charge on any atom is -0.297 e. The highest BCUT2D eigenvalue weighted by Gasteiger charge is 2.17. The van der Waals surface area contributed by atoms with E-state index in [9.17, 15) is 8.42 Å². The molecular formula is C16H23N3O2S3. The summed E-state index contributed by atoms with van der Waals surface area (Å²) in [6.07, 6.45) is 4.70. The molecule has 24 heavy (non-hydrogen) atoms. The minimum atomic E-state index is -3.44. The van der Waals surface area contributed by atoms with Crippen molar-refractivity contribution in [3.8, 4) is 0 Å². The van der Waals surface area contributed by atoms with Crippen molar-refractivity contribution >= 4 is 32.7 Å². The Hall–Kier alpha value is -0.800. The van der Waals surface area contributed by atoms with E-state index in [4.69, 9.17) is 0 Å². The van der Waals surface area contributed by atoms with Crippen molar-refractivity contribution in [1.82, 2.24) is 14.6 Å². The maximum Gasteiger partial charge on any atom is 0.250 e. The van der Waals surface area contributed by atoms with Crippen molar-refractivity contribution in [2.24, 2.45) is 0 Å². The third-order valence-electron chi connectivity index (χ3n) is 4.10. The summed E-state index contributed by atoms with van der Waals surface area (Å²) in [6, 6.07) is 3.55. The lowest BCUT2D eigenvalue weighted by atomic mass is 10.1. The Bertz CT molecular complexity index is 761. The number of thiophene rings is 1. The number of hydrogen-bond acceptors (Lipinski definition) is 6. The molecule has 5 nitrogen and oxygen atoms in total. The average Bonchev–Trinajstić information content (AvgIpc) is 3.23. The van der Waals surface area contributed by atoms with E-state index in [2.05, 4.69) is 14.6 Å². The first kappa shape index (κ1) is 18.0. The molecule has 1 N–H and O–H groups in total. The zero-order valence-electron chi connectivity index (χ0n) is 13.8. The number of piperidine rings is 1. The second-order valence-electron chi connectivity index (χ2n) is 5.97. The van der Waals surface area contributed by atoms with Gasteiger partial charge in [-0.05, 0) is 44.5 Å². The number of rotatable bonds is 7. The first-order chi connectivity index (χ1) is 11.6. The Kier molecular flexibility index (Phi) is 6.04.